The quantitative estimate of drug-likeness (QED) is 0.775. The highest BCUT2D eigenvalue weighted by molar-refractivity contribution is 6.33. The second-order valence-corrected chi connectivity index (χ2v) is 2.68. The highest BCUT2D eigenvalue weighted by Gasteiger charge is 2.19. The van der Waals surface area contributed by atoms with Gasteiger partial charge in [-0.05, 0) is 0 Å². The highest BCUT2D eigenvalue weighted by Crippen LogP contribution is 2.20. The Labute approximate surface area is 83.6 Å². The number of aromatic carboxylic acids is 1. The molecule has 0 aromatic carbocycles. The van der Waals surface area contributed by atoms with Gasteiger partial charge >= 0.3 is 11.7 Å². The molecule has 1 heterocycles. The summed E-state index contributed by atoms with van der Waals surface area (Å²) in [4.78, 5) is 29.4. The summed E-state index contributed by atoms with van der Waals surface area (Å²) in [6, 6.07) is 1.16. The molecular weight excluding hydrogens is 212 g/mol. The highest BCUT2D eigenvalue weighted by atomic mass is 35.5. The van der Waals surface area contributed by atoms with Gasteiger partial charge in [0.05, 0.1) is 9.93 Å². The van der Waals surface area contributed by atoms with E-state index in [2.05, 4.69) is 9.82 Å². The number of pyridine rings is 1. The Morgan fingerprint density at radius 3 is 2.79 bits per heavy atom. The van der Waals surface area contributed by atoms with E-state index in [0.717, 1.165) is 12.3 Å². The van der Waals surface area contributed by atoms with Crippen molar-refractivity contribution in [1.29, 1.82) is 0 Å². The Morgan fingerprint density at radius 1 is 1.71 bits per heavy atom. The summed E-state index contributed by atoms with van der Waals surface area (Å²) in [5.74, 6) is -1.25. The molecule has 0 bridgehead atoms. The molecule has 0 aliphatic heterocycles. The van der Waals surface area contributed by atoms with Crippen molar-refractivity contribution >= 4 is 23.3 Å². The summed E-state index contributed by atoms with van der Waals surface area (Å²) < 4.78 is 0. The minimum atomic E-state index is -1.25. The van der Waals surface area contributed by atoms with Crippen molar-refractivity contribution in [2.24, 2.45) is 0 Å². The van der Waals surface area contributed by atoms with Crippen LogP contribution in [0.25, 0.3) is 0 Å². The molecule has 6 nitrogen and oxygen atoms in total. The van der Waals surface area contributed by atoms with Gasteiger partial charge in [-0.15, -0.1) is 0 Å². The molecule has 0 saturated carbocycles. The van der Waals surface area contributed by atoms with E-state index < -0.39 is 5.97 Å². The van der Waals surface area contributed by atoms with Gasteiger partial charge in [-0.2, -0.15) is 0 Å². The van der Waals surface area contributed by atoms with Gasteiger partial charge in [0.25, 0.3) is 4.92 Å². The summed E-state index contributed by atoms with van der Waals surface area (Å²) in [6.07, 6.45) is 1.06. The molecule has 0 saturated heterocycles. The van der Waals surface area contributed by atoms with Gasteiger partial charge in [0, 0.05) is 6.07 Å². The van der Waals surface area contributed by atoms with Crippen LogP contribution in [0.5, 0.6) is 0 Å². The number of rotatable bonds is 3. The monoisotopic (exact) mass is 217 g/mol. The zero-order valence-electron chi connectivity index (χ0n) is 7.10. The standard InChI is InChI=1S/C7H5ClN2O4/c1-14-10(13)4-2-5(8)6(7(11)12)9-3-4/h2-3H,1H3/p+1. The lowest BCUT2D eigenvalue weighted by atomic mass is 10.3. The lowest BCUT2D eigenvalue weighted by Gasteiger charge is -1.95. The molecule has 1 aromatic heterocycles. The Kier molecular flexibility index (Phi) is 2.98. The van der Waals surface area contributed by atoms with E-state index in [1.807, 2.05) is 0 Å². The molecular formula is C7H6ClN2O4+. The zero-order chi connectivity index (χ0) is 10.7. The fourth-order valence-electron chi connectivity index (χ4n) is 0.790. The zero-order valence-corrected chi connectivity index (χ0v) is 7.85. The van der Waals surface area contributed by atoms with Gasteiger partial charge in [-0.25, -0.2) is 14.6 Å². The second-order valence-electron chi connectivity index (χ2n) is 2.27. The van der Waals surface area contributed by atoms with Gasteiger partial charge in [-0.1, -0.05) is 11.6 Å². The fraction of sp³-hybridized carbons (Fsp3) is 0.143. The SMILES string of the molecule is CO[N+](=O)c1cnc(C(=O)O)c(Cl)c1. The average Bonchev–Trinajstić information content (AvgIpc) is 2.15. The van der Waals surface area contributed by atoms with Crippen LogP contribution in [0.15, 0.2) is 12.3 Å². The maximum atomic E-state index is 10.9. The summed E-state index contributed by atoms with van der Waals surface area (Å²) in [7, 11) is 1.17. The van der Waals surface area contributed by atoms with Crippen LogP contribution in [0.2, 0.25) is 5.02 Å². The Morgan fingerprint density at radius 2 is 2.36 bits per heavy atom. The molecule has 0 radical (unpaired) electrons. The number of halogens is 1. The van der Waals surface area contributed by atoms with Crippen molar-refractivity contribution in [3.8, 4) is 0 Å². The van der Waals surface area contributed by atoms with Crippen molar-refractivity contribution in [1.82, 2.24) is 4.98 Å². The molecule has 0 atom stereocenters. The molecule has 0 unspecified atom stereocenters. The van der Waals surface area contributed by atoms with E-state index in [4.69, 9.17) is 16.7 Å². The summed E-state index contributed by atoms with van der Waals surface area (Å²) in [5, 5.41) is 8.46. The van der Waals surface area contributed by atoms with E-state index in [1.54, 1.807) is 0 Å². The number of carboxylic acids is 1. The number of carboxylic acid groups (broad SMARTS) is 1. The normalized spacial score (nSPS) is 9.57. The molecule has 0 fully saturated rings. The van der Waals surface area contributed by atoms with Crippen LogP contribution < -0.4 is 0 Å². The number of hydrogen-bond acceptors (Lipinski definition) is 4. The predicted molar refractivity (Wildman–Crippen MR) is 46.5 cm³/mol. The Hall–Kier alpha value is -1.69. The number of carbonyl (C=O) groups is 1. The number of hydrogen-bond donors (Lipinski definition) is 1. The molecule has 0 aliphatic carbocycles. The van der Waals surface area contributed by atoms with E-state index in [1.165, 1.54) is 7.11 Å². The van der Waals surface area contributed by atoms with Crippen LogP contribution in [0.1, 0.15) is 10.5 Å². The number of aromatic nitrogens is 1. The Bertz CT molecular complexity index is 393. The van der Waals surface area contributed by atoms with Gasteiger partial charge in [0.2, 0.25) is 0 Å². The summed E-state index contributed by atoms with van der Waals surface area (Å²) in [6.45, 7) is 0. The first-order valence-electron chi connectivity index (χ1n) is 3.46. The topological polar surface area (TPSA) is 79.5 Å². The van der Waals surface area contributed by atoms with Crippen molar-refractivity contribution in [2.45, 2.75) is 0 Å². The maximum Gasteiger partial charge on any atom is 0.356 e. The van der Waals surface area contributed by atoms with Crippen LogP contribution >= 0.6 is 11.6 Å². The fourth-order valence-corrected chi connectivity index (χ4v) is 1.03. The second kappa shape index (κ2) is 4.01. The average molecular weight is 218 g/mol. The van der Waals surface area contributed by atoms with Crippen molar-refractivity contribution in [2.75, 3.05) is 7.11 Å². The van der Waals surface area contributed by atoms with E-state index >= 15 is 0 Å². The maximum absolute atomic E-state index is 10.9. The molecule has 0 spiro atoms. The lowest BCUT2D eigenvalue weighted by Crippen LogP contribution is -2.04. The minimum absolute atomic E-state index is 0.0301. The first kappa shape index (κ1) is 10.4. The van der Waals surface area contributed by atoms with Crippen molar-refractivity contribution in [3.63, 3.8) is 0 Å². The minimum Gasteiger partial charge on any atom is -0.476 e. The molecule has 1 N–H and O–H groups in total. The first-order valence-corrected chi connectivity index (χ1v) is 3.84. The van der Waals surface area contributed by atoms with Gasteiger partial charge in [-0.3, -0.25) is 0 Å². The molecule has 7 heteroatoms. The van der Waals surface area contributed by atoms with E-state index in [0.29, 0.717) is 0 Å². The third kappa shape index (κ3) is 1.97. The molecule has 74 valence electrons. The molecule has 14 heavy (non-hydrogen) atoms. The largest absolute Gasteiger partial charge is 0.476 e. The predicted octanol–water partition coefficient (Wildman–Crippen LogP) is 1.41. The molecule has 0 aliphatic rings. The Balaban J connectivity index is 3.12. The summed E-state index contributed by atoms with van der Waals surface area (Å²) >= 11 is 5.56. The van der Waals surface area contributed by atoms with Crippen LogP contribution in [-0.4, -0.2) is 28.1 Å². The smallest absolute Gasteiger partial charge is 0.356 e. The third-order valence-corrected chi connectivity index (χ3v) is 1.69. The van der Waals surface area contributed by atoms with Crippen LogP contribution in [-0.2, 0) is 4.84 Å². The van der Waals surface area contributed by atoms with Crippen LogP contribution in [0.4, 0.5) is 5.69 Å². The van der Waals surface area contributed by atoms with Gasteiger partial charge < -0.3 is 5.11 Å². The lowest BCUT2D eigenvalue weighted by molar-refractivity contribution is -0.736. The molecule has 0 amide bonds. The number of nitrogens with zero attached hydrogens (tertiary/aromatic N) is 2. The van der Waals surface area contributed by atoms with Gasteiger partial charge in [0.15, 0.2) is 12.8 Å². The third-order valence-electron chi connectivity index (χ3n) is 1.41. The van der Waals surface area contributed by atoms with E-state index in [-0.39, 0.29) is 21.3 Å². The van der Waals surface area contributed by atoms with Crippen molar-refractivity contribution in [3.05, 3.63) is 27.9 Å². The van der Waals surface area contributed by atoms with E-state index in [9.17, 15) is 9.70 Å². The van der Waals surface area contributed by atoms with Crippen molar-refractivity contribution < 1.29 is 19.7 Å². The first-order chi connectivity index (χ1) is 6.56. The summed E-state index contributed by atoms with van der Waals surface area (Å²) in [5.41, 5.74) is -0.276. The van der Waals surface area contributed by atoms with Gasteiger partial charge in [0.1, 0.15) is 6.20 Å². The molecule has 1 rings (SSSR count). The van der Waals surface area contributed by atoms with Crippen LogP contribution in [0.3, 0.4) is 0 Å². The molecule has 1 aromatic rings. The van der Waals surface area contributed by atoms with Crippen LogP contribution in [0, 0.1) is 4.91 Å².